The summed E-state index contributed by atoms with van der Waals surface area (Å²) in [5.41, 5.74) is 0.164. The molecule has 1 aliphatic rings. The van der Waals surface area contributed by atoms with Crippen LogP contribution in [-0.4, -0.2) is 11.2 Å². The van der Waals surface area contributed by atoms with E-state index >= 15 is 0 Å². The van der Waals surface area contributed by atoms with E-state index in [0.717, 1.165) is 6.42 Å². The first kappa shape index (κ1) is 9.61. The lowest BCUT2D eigenvalue weighted by Gasteiger charge is -2.29. The summed E-state index contributed by atoms with van der Waals surface area (Å²) in [7, 11) is 0. The molecule has 0 aromatic heterocycles. The first-order valence-electron chi connectivity index (χ1n) is 4.80. The van der Waals surface area contributed by atoms with Gasteiger partial charge in [-0.2, -0.15) is 0 Å². The smallest absolute Gasteiger partial charge is 0.0602 e. The van der Waals surface area contributed by atoms with Crippen molar-refractivity contribution in [3.8, 4) is 12.3 Å². The molecule has 0 amide bonds. The minimum Gasteiger partial charge on any atom is -0.393 e. The predicted octanol–water partition coefficient (Wildman–Crippen LogP) is 2.34. The van der Waals surface area contributed by atoms with E-state index in [0.29, 0.717) is 6.42 Å². The second-order valence-corrected chi connectivity index (χ2v) is 4.12. The van der Waals surface area contributed by atoms with Gasteiger partial charge in [0.1, 0.15) is 0 Å². The SMILES string of the molecule is C#CCCC(O)C1(C)CCCC1. The second-order valence-electron chi connectivity index (χ2n) is 4.12. The van der Waals surface area contributed by atoms with Crippen molar-refractivity contribution in [2.24, 2.45) is 5.41 Å². The third-order valence-electron chi connectivity index (χ3n) is 3.11. The molecule has 1 fully saturated rings. The quantitative estimate of drug-likeness (QED) is 0.638. The van der Waals surface area contributed by atoms with Crippen molar-refractivity contribution in [3.05, 3.63) is 0 Å². The van der Waals surface area contributed by atoms with Gasteiger partial charge in [0, 0.05) is 6.42 Å². The summed E-state index contributed by atoms with van der Waals surface area (Å²) >= 11 is 0. The molecular weight excluding hydrogens is 148 g/mol. The fourth-order valence-corrected chi connectivity index (χ4v) is 2.08. The highest BCUT2D eigenvalue weighted by Crippen LogP contribution is 2.41. The minimum absolute atomic E-state index is 0.164. The van der Waals surface area contributed by atoms with Crippen LogP contribution in [0.15, 0.2) is 0 Å². The number of rotatable bonds is 3. The molecule has 0 aromatic rings. The van der Waals surface area contributed by atoms with Crippen molar-refractivity contribution in [2.45, 2.75) is 51.6 Å². The van der Waals surface area contributed by atoms with Crippen molar-refractivity contribution in [3.63, 3.8) is 0 Å². The summed E-state index contributed by atoms with van der Waals surface area (Å²) in [5.74, 6) is 2.58. The van der Waals surface area contributed by atoms with E-state index in [2.05, 4.69) is 12.8 Å². The third kappa shape index (κ3) is 2.01. The first-order valence-corrected chi connectivity index (χ1v) is 4.80. The van der Waals surface area contributed by atoms with E-state index < -0.39 is 0 Å². The lowest BCUT2D eigenvalue weighted by molar-refractivity contribution is 0.0363. The number of hydrogen-bond acceptors (Lipinski definition) is 1. The van der Waals surface area contributed by atoms with Gasteiger partial charge in [0.05, 0.1) is 6.10 Å². The zero-order chi connectivity index (χ0) is 9.03. The number of aliphatic hydroxyl groups excluding tert-OH is 1. The van der Waals surface area contributed by atoms with E-state index in [9.17, 15) is 5.11 Å². The molecule has 1 unspecified atom stereocenters. The van der Waals surface area contributed by atoms with Gasteiger partial charge in [-0.1, -0.05) is 19.8 Å². The molecule has 1 heteroatoms. The molecule has 1 rings (SSSR count). The van der Waals surface area contributed by atoms with Crippen LogP contribution in [0.3, 0.4) is 0 Å². The van der Waals surface area contributed by atoms with Crippen LogP contribution in [0, 0.1) is 17.8 Å². The van der Waals surface area contributed by atoms with Gasteiger partial charge in [-0.05, 0) is 24.7 Å². The van der Waals surface area contributed by atoms with Gasteiger partial charge < -0.3 is 5.11 Å². The normalized spacial score (nSPS) is 23.4. The molecule has 0 aromatic carbocycles. The fourth-order valence-electron chi connectivity index (χ4n) is 2.08. The first-order chi connectivity index (χ1) is 5.69. The molecule has 0 spiro atoms. The highest BCUT2D eigenvalue weighted by molar-refractivity contribution is 4.91. The number of aliphatic hydroxyl groups is 1. The average molecular weight is 166 g/mol. The van der Waals surface area contributed by atoms with Gasteiger partial charge in [-0.15, -0.1) is 12.3 Å². The molecule has 0 saturated heterocycles. The summed E-state index contributed by atoms with van der Waals surface area (Å²) in [6.07, 6.45) is 11.3. The van der Waals surface area contributed by atoms with Crippen LogP contribution in [0.1, 0.15) is 45.4 Å². The molecule has 0 bridgehead atoms. The topological polar surface area (TPSA) is 20.2 Å². The molecule has 1 nitrogen and oxygen atoms in total. The molecule has 12 heavy (non-hydrogen) atoms. The van der Waals surface area contributed by atoms with Crippen LogP contribution in [0.5, 0.6) is 0 Å². The van der Waals surface area contributed by atoms with Gasteiger partial charge in [0.15, 0.2) is 0 Å². The molecule has 1 N–H and O–H groups in total. The van der Waals surface area contributed by atoms with Crippen molar-refractivity contribution >= 4 is 0 Å². The van der Waals surface area contributed by atoms with Crippen LogP contribution >= 0.6 is 0 Å². The third-order valence-corrected chi connectivity index (χ3v) is 3.11. The minimum atomic E-state index is -0.184. The van der Waals surface area contributed by atoms with E-state index in [1.165, 1.54) is 25.7 Å². The molecular formula is C11H18O. The van der Waals surface area contributed by atoms with Gasteiger partial charge in [0.25, 0.3) is 0 Å². The Labute approximate surface area is 75.2 Å². The van der Waals surface area contributed by atoms with Crippen molar-refractivity contribution in [1.29, 1.82) is 0 Å². The van der Waals surface area contributed by atoms with E-state index in [-0.39, 0.29) is 11.5 Å². The summed E-state index contributed by atoms with van der Waals surface area (Å²) in [6, 6.07) is 0. The molecule has 0 aliphatic heterocycles. The summed E-state index contributed by atoms with van der Waals surface area (Å²) in [4.78, 5) is 0. The Morgan fingerprint density at radius 2 is 2.08 bits per heavy atom. The maximum absolute atomic E-state index is 9.84. The second kappa shape index (κ2) is 3.96. The van der Waals surface area contributed by atoms with Crippen LogP contribution in [0.25, 0.3) is 0 Å². The largest absolute Gasteiger partial charge is 0.393 e. The number of terminal acetylenes is 1. The van der Waals surface area contributed by atoms with Gasteiger partial charge in [-0.25, -0.2) is 0 Å². The Balaban J connectivity index is 2.39. The summed E-state index contributed by atoms with van der Waals surface area (Å²) in [6.45, 7) is 2.18. The van der Waals surface area contributed by atoms with Gasteiger partial charge in [0.2, 0.25) is 0 Å². The molecule has 1 atom stereocenters. The Morgan fingerprint density at radius 3 is 2.58 bits per heavy atom. The Hall–Kier alpha value is -0.480. The monoisotopic (exact) mass is 166 g/mol. The Bertz CT molecular complexity index is 172. The number of hydrogen-bond donors (Lipinski definition) is 1. The average Bonchev–Trinajstić information content (AvgIpc) is 2.49. The molecule has 1 aliphatic carbocycles. The highest BCUT2D eigenvalue weighted by atomic mass is 16.3. The van der Waals surface area contributed by atoms with E-state index in [1.807, 2.05) is 0 Å². The Kier molecular flexibility index (Phi) is 3.17. The van der Waals surface area contributed by atoms with Gasteiger partial charge in [-0.3, -0.25) is 0 Å². The molecule has 0 heterocycles. The van der Waals surface area contributed by atoms with Crippen molar-refractivity contribution < 1.29 is 5.11 Å². The van der Waals surface area contributed by atoms with E-state index in [4.69, 9.17) is 6.42 Å². The predicted molar refractivity (Wildman–Crippen MR) is 50.6 cm³/mol. The lowest BCUT2D eigenvalue weighted by atomic mass is 9.81. The van der Waals surface area contributed by atoms with E-state index in [1.54, 1.807) is 0 Å². The van der Waals surface area contributed by atoms with Crippen molar-refractivity contribution in [2.75, 3.05) is 0 Å². The molecule has 68 valence electrons. The zero-order valence-corrected chi connectivity index (χ0v) is 7.84. The molecule has 0 radical (unpaired) electrons. The van der Waals surface area contributed by atoms with Gasteiger partial charge >= 0.3 is 0 Å². The van der Waals surface area contributed by atoms with Crippen LogP contribution < -0.4 is 0 Å². The maximum atomic E-state index is 9.84. The Morgan fingerprint density at radius 1 is 1.50 bits per heavy atom. The standard InChI is InChI=1S/C11H18O/c1-3-4-7-10(12)11(2)8-5-6-9-11/h1,10,12H,4-9H2,2H3. The van der Waals surface area contributed by atoms with Crippen LogP contribution in [0.2, 0.25) is 0 Å². The summed E-state index contributed by atoms with van der Waals surface area (Å²) in [5, 5.41) is 9.84. The molecule has 1 saturated carbocycles. The van der Waals surface area contributed by atoms with Crippen molar-refractivity contribution in [1.82, 2.24) is 0 Å². The summed E-state index contributed by atoms with van der Waals surface area (Å²) < 4.78 is 0. The highest BCUT2D eigenvalue weighted by Gasteiger charge is 2.35. The van der Waals surface area contributed by atoms with Crippen LogP contribution in [-0.2, 0) is 0 Å². The maximum Gasteiger partial charge on any atom is 0.0602 e. The van der Waals surface area contributed by atoms with Crippen LogP contribution in [0.4, 0.5) is 0 Å². The fraction of sp³-hybridized carbons (Fsp3) is 0.818. The zero-order valence-electron chi connectivity index (χ0n) is 7.84. The lowest BCUT2D eigenvalue weighted by Crippen LogP contribution is -2.29.